The Balaban J connectivity index is 2.15. The lowest BCUT2D eigenvalue weighted by molar-refractivity contribution is -0.533. The lowest BCUT2D eigenvalue weighted by atomic mass is 10.2. The van der Waals surface area contributed by atoms with Gasteiger partial charge >= 0.3 is 17.9 Å². The SMILES string of the molecule is O=C(NC(c1ccccc1)[N+](=O)[O-])Oc1ccccc1[N+](=O)[O-]. The highest BCUT2D eigenvalue weighted by molar-refractivity contribution is 5.72. The van der Waals surface area contributed by atoms with Crippen molar-refractivity contribution in [3.05, 3.63) is 80.4 Å². The smallest absolute Gasteiger partial charge is 0.403 e. The average molecular weight is 317 g/mol. The first-order chi connectivity index (χ1) is 11.0. The quantitative estimate of drug-likeness (QED) is 0.513. The highest BCUT2D eigenvalue weighted by atomic mass is 16.6. The van der Waals surface area contributed by atoms with E-state index >= 15 is 0 Å². The zero-order valence-electron chi connectivity index (χ0n) is 11.6. The van der Waals surface area contributed by atoms with E-state index < -0.39 is 27.8 Å². The Morgan fingerprint density at radius 2 is 1.61 bits per heavy atom. The number of carbonyl (C=O) groups is 1. The fourth-order valence-electron chi connectivity index (χ4n) is 1.83. The number of nitrogens with zero attached hydrogens (tertiary/aromatic N) is 2. The van der Waals surface area contributed by atoms with Crippen molar-refractivity contribution in [2.75, 3.05) is 0 Å². The summed E-state index contributed by atoms with van der Waals surface area (Å²) in [5, 5.41) is 24.0. The number of benzene rings is 2. The van der Waals surface area contributed by atoms with Crippen LogP contribution >= 0.6 is 0 Å². The van der Waals surface area contributed by atoms with Gasteiger partial charge in [0, 0.05) is 11.6 Å². The molecular weight excluding hydrogens is 306 g/mol. The third-order valence-corrected chi connectivity index (χ3v) is 2.85. The number of carbonyl (C=O) groups excluding carboxylic acids is 1. The highest BCUT2D eigenvalue weighted by Crippen LogP contribution is 2.26. The minimum atomic E-state index is -1.52. The third-order valence-electron chi connectivity index (χ3n) is 2.85. The van der Waals surface area contributed by atoms with Crippen LogP contribution in [-0.2, 0) is 0 Å². The van der Waals surface area contributed by atoms with Gasteiger partial charge in [-0.3, -0.25) is 25.5 Å². The lowest BCUT2D eigenvalue weighted by Gasteiger charge is -2.11. The van der Waals surface area contributed by atoms with Crippen LogP contribution < -0.4 is 10.1 Å². The van der Waals surface area contributed by atoms with Crippen LogP contribution in [0.15, 0.2) is 54.6 Å². The molecule has 0 aliphatic heterocycles. The Kier molecular flexibility index (Phi) is 4.82. The Morgan fingerprint density at radius 1 is 1.00 bits per heavy atom. The predicted molar refractivity (Wildman–Crippen MR) is 78.4 cm³/mol. The van der Waals surface area contributed by atoms with Gasteiger partial charge in [0.2, 0.25) is 5.75 Å². The van der Waals surface area contributed by atoms with E-state index in [0.29, 0.717) is 0 Å². The molecule has 0 aliphatic carbocycles. The summed E-state index contributed by atoms with van der Waals surface area (Å²) in [5.41, 5.74) is -0.169. The van der Waals surface area contributed by atoms with Gasteiger partial charge in [0.1, 0.15) is 0 Å². The van der Waals surface area contributed by atoms with Crippen molar-refractivity contribution in [2.45, 2.75) is 6.17 Å². The summed E-state index contributed by atoms with van der Waals surface area (Å²) in [6.45, 7) is 0. The van der Waals surface area contributed by atoms with Crippen molar-refractivity contribution in [3.8, 4) is 5.75 Å². The molecule has 118 valence electrons. The molecule has 0 fully saturated rings. The van der Waals surface area contributed by atoms with Crippen LogP contribution in [0.2, 0.25) is 0 Å². The fourth-order valence-corrected chi connectivity index (χ4v) is 1.83. The van der Waals surface area contributed by atoms with Crippen molar-refractivity contribution in [1.82, 2.24) is 5.32 Å². The number of amides is 1. The normalized spacial score (nSPS) is 11.3. The molecule has 9 nitrogen and oxygen atoms in total. The fraction of sp³-hybridized carbons (Fsp3) is 0.0714. The molecule has 23 heavy (non-hydrogen) atoms. The minimum Gasteiger partial charge on any atom is -0.403 e. The van der Waals surface area contributed by atoms with Crippen LogP contribution in [0.25, 0.3) is 0 Å². The largest absolute Gasteiger partial charge is 0.418 e. The number of hydrogen-bond donors (Lipinski definition) is 1. The second-order valence-corrected chi connectivity index (χ2v) is 4.36. The van der Waals surface area contributed by atoms with E-state index in [1.54, 1.807) is 18.2 Å². The average Bonchev–Trinajstić information content (AvgIpc) is 2.53. The molecule has 0 bridgehead atoms. The maximum absolute atomic E-state index is 11.8. The van der Waals surface area contributed by atoms with E-state index in [4.69, 9.17) is 4.74 Å². The van der Waals surface area contributed by atoms with E-state index in [0.717, 1.165) is 6.07 Å². The summed E-state index contributed by atoms with van der Waals surface area (Å²) >= 11 is 0. The lowest BCUT2D eigenvalue weighted by Crippen LogP contribution is -2.35. The molecule has 0 aliphatic rings. The highest BCUT2D eigenvalue weighted by Gasteiger charge is 2.27. The summed E-state index contributed by atoms with van der Waals surface area (Å²) in [6, 6.07) is 13.0. The molecule has 2 aromatic rings. The first kappa shape index (κ1) is 15.9. The number of para-hydroxylation sites is 2. The number of nitro groups is 2. The van der Waals surface area contributed by atoms with Crippen LogP contribution in [0.3, 0.4) is 0 Å². The zero-order valence-corrected chi connectivity index (χ0v) is 11.6. The predicted octanol–water partition coefficient (Wildman–Crippen LogP) is 2.66. The van der Waals surface area contributed by atoms with Gasteiger partial charge in [0.25, 0.3) is 0 Å². The molecule has 0 radical (unpaired) electrons. The Bertz CT molecular complexity index is 734. The molecule has 0 spiro atoms. The molecule has 0 saturated carbocycles. The van der Waals surface area contributed by atoms with Crippen molar-refractivity contribution in [1.29, 1.82) is 0 Å². The third kappa shape index (κ3) is 4.00. The molecule has 0 heterocycles. The number of nitrogens with one attached hydrogen (secondary N) is 1. The van der Waals surface area contributed by atoms with Gasteiger partial charge in [-0.1, -0.05) is 42.5 Å². The first-order valence-electron chi connectivity index (χ1n) is 6.39. The van der Waals surface area contributed by atoms with Gasteiger partial charge in [-0.2, -0.15) is 0 Å². The topological polar surface area (TPSA) is 125 Å². The maximum atomic E-state index is 11.8. The van der Waals surface area contributed by atoms with E-state index in [2.05, 4.69) is 5.32 Å². The molecular formula is C14H11N3O6. The molecule has 9 heteroatoms. The Morgan fingerprint density at radius 3 is 2.22 bits per heavy atom. The van der Waals surface area contributed by atoms with Gasteiger partial charge in [0.05, 0.1) is 9.85 Å². The van der Waals surface area contributed by atoms with Crippen molar-refractivity contribution < 1.29 is 19.4 Å². The van der Waals surface area contributed by atoms with Gasteiger partial charge in [-0.15, -0.1) is 0 Å². The standard InChI is InChI=1S/C14H11N3O6/c18-14(23-12-9-5-4-8-11(12)16(19)20)15-13(17(21)22)10-6-2-1-3-7-10/h1-9,13H,(H,15,18). The summed E-state index contributed by atoms with van der Waals surface area (Å²) in [4.78, 5) is 32.3. The molecule has 1 amide bonds. The van der Waals surface area contributed by atoms with Gasteiger partial charge in [0.15, 0.2) is 0 Å². The number of rotatable bonds is 5. The second-order valence-electron chi connectivity index (χ2n) is 4.36. The van der Waals surface area contributed by atoms with Crippen LogP contribution in [0.5, 0.6) is 5.75 Å². The number of hydrogen-bond acceptors (Lipinski definition) is 6. The molecule has 1 unspecified atom stereocenters. The molecule has 2 aromatic carbocycles. The van der Waals surface area contributed by atoms with Crippen molar-refractivity contribution >= 4 is 11.8 Å². The number of nitro benzene ring substituents is 1. The molecule has 0 aromatic heterocycles. The monoisotopic (exact) mass is 317 g/mol. The molecule has 2 rings (SSSR count). The Hall–Kier alpha value is -3.49. The van der Waals surface area contributed by atoms with Gasteiger partial charge < -0.3 is 4.74 Å². The summed E-state index contributed by atoms with van der Waals surface area (Å²) in [6.07, 6.45) is -2.68. The maximum Gasteiger partial charge on any atom is 0.418 e. The molecule has 0 saturated heterocycles. The Labute approximate surface area is 129 Å². The number of ether oxygens (including phenoxy) is 1. The van der Waals surface area contributed by atoms with Gasteiger partial charge in [-0.25, -0.2) is 4.79 Å². The second kappa shape index (κ2) is 6.98. The van der Waals surface area contributed by atoms with Crippen molar-refractivity contribution in [2.24, 2.45) is 0 Å². The summed E-state index contributed by atoms with van der Waals surface area (Å²) < 4.78 is 4.81. The molecule has 1 atom stereocenters. The summed E-state index contributed by atoms with van der Waals surface area (Å²) in [5.74, 6) is -0.301. The van der Waals surface area contributed by atoms with E-state index in [-0.39, 0.29) is 11.3 Å². The van der Waals surface area contributed by atoms with Crippen molar-refractivity contribution in [3.63, 3.8) is 0 Å². The molecule has 1 N–H and O–H groups in total. The van der Waals surface area contributed by atoms with Crippen LogP contribution in [0.4, 0.5) is 10.5 Å². The zero-order chi connectivity index (χ0) is 16.8. The van der Waals surface area contributed by atoms with Gasteiger partial charge in [-0.05, 0) is 6.07 Å². The minimum absolute atomic E-state index is 0.247. The first-order valence-corrected chi connectivity index (χ1v) is 6.39. The summed E-state index contributed by atoms with van der Waals surface area (Å²) in [7, 11) is 0. The van der Waals surface area contributed by atoms with Crippen LogP contribution in [0.1, 0.15) is 11.7 Å². The van der Waals surface area contributed by atoms with E-state index in [9.17, 15) is 25.0 Å². The van der Waals surface area contributed by atoms with E-state index in [1.165, 1.54) is 30.3 Å². The van der Waals surface area contributed by atoms with Crippen LogP contribution in [-0.4, -0.2) is 15.9 Å². The van der Waals surface area contributed by atoms with Crippen LogP contribution in [0, 0.1) is 20.2 Å². The van der Waals surface area contributed by atoms with E-state index in [1.807, 2.05) is 0 Å².